The van der Waals surface area contributed by atoms with Gasteiger partial charge in [0.1, 0.15) is 11.7 Å². The summed E-state index contributed by atoms with van der Waals surface area (Å²) in [6, 6.07) is 7.79. The van der Waals surface area contributed by atoms with E-state index in [1.165, 1.54) is 0 Å². The molecule has 2 N–H and O–H groups in total. The third kappa shape index (κ3) is 3.27. The Bertz CT molecular complexity index is 622. The lowest BCUT2D eigenvalue weighted by Crippen LogP contribution is -2.49. The SMILES string of the molecule is COc1ccc(N2CCN(C(=O)CC3C(=O)NNC3=O)CC2)cc1. The van der Waals surface area contributed by atoms with E-state index in [-0.39, 0.29) is 12.3 Å². The Labute approximate surface area is 139 Å². The number of benzene rings is 1. The van der Waals surface area contributed by atoms with Gasteiger partial charge >= 0.3 is 0 Å². The van der Waals surface area contributed by atoms with Crippen LogP contribution in [0.2, 0.25) is 0 Å². The van der Waals surface area contributed by atoms with E-state index in [9.17, 15) is 14.4 Å². The molecule has 2 saturated heterocycles. The van der Waals surface area contributed by atoms with Crippen LogP contribution in [0, 0.1) is 5.92 Å². The minimum atomic E-state index is -0.919. The van der Waals surface area contributed by atoms with Gasteiger partial charge in [-0.15, -0.1) is 0 Å². The first kappa shape index (κ1) is 16.1. The van der Waals surface area contributed by atoms with Crippen LogP contribution < -0.4 is 20.5 Å². The molecule has 0 aliphatic carbocycles. The number of amides is 3. The highest BCUT2D eigenvalue weighted by molar-refractivity contribution is 6.07. The van der Waals surface area contributed by atoms with E-state index >= 15 is 0 Å². The van der Waals surface area contributed by atoms with E-state index in [0.29, 0.717) is 26.2 Å². The van der Waals surface area contributed by atoms with Gasteiger partial charge in [-0.3, -0.25) is 25.2 Å². The van der Waals surface area contributed by atoms with Crippen LogP contribution in [-0.4, -0.2) is 55.9 Å². The third-order valence-electron chi connectivity index (χ3n) is 4.39. The maximum atomic E-state index is 12.3. The topological polar surface area (TPSA) is 91.0 Å². The van der Waals surface area contributed by atoms with Crippen LogP contribution in [0.1, 0.15) is 6.42 Å². The van der Waals surface area contributed by atoms with E-state index in [0.717, 1.165) is 11.4 Å². The molecule has 2 aliphatic heterocycles. The second-order valence-electron chi connectivity index (χ2n) is 5.80. The summed E-state index contributed by atoms with van der Waals surface area (Å²) < 4.78 is 5.15. The van der Waals surface area contributed by atoms with E-state index in [1.807, 2.05) is 24.3 Å². The van der Waals surface area contributed by atoms with Crippen LogP contribution in [-0.2, 0) is 14.4 Å². The fourth-order valence-electron chi connectivity index (χ4n) is 2.91. The quantitative estimate of drug-likeness (QED) is 0.726. The molecule has 24 heavy (non-hydrogen) atoms. The zero-order chi connectivity index (χ0) is 17.1. The largest absolute Gasteiger partial charge is 0.497 e. The van der Waals surface area contributed by atoms with Crippen molar-refractivity contribution in [2.75, 3.05) is 38.2 Å². The number of methoxy groups -OCH3 is 1. The lowest BCUT2D eigenvalue weighted by molar-refractivity contribution is -0.138. The maximum absolute atomic E-state index is 12.3. The Morgan fingerprint density at radius 3 is 2.21 bits per heavy atom. The number of nitrogens with zero attached hydrogens (tertiary/aromatic N) is 2. The summed E-state index contributed by atoms with van der Waals surface area (Å²) in [4.78, 5) is 39.2. The van der Waals surface area contributed by atoms with Gasteiger partial charge < -0.3 is 14.5 Å². The Morgan fingerprint density at radius 2 is 1.67 bits per heavy atom. The van der Waals surface area contributed by atoms with Crippen LogP contribution in [0.4, 0.5) is 5.69 Å². The first-order valence-corrected chi connectivity index (χ1v) is 7.85. The van der Waals surface area contributed by atoms with Crippen LogP contribution in [0.25, 0.3) is 0 Å². The third-order valence-corrected chi connectivity index (χ3v) is 4.39. The molecule has 0 atom stereocenters. The molecule has 128 valence electrons. The molecule has 2 aliphatic rings. The van der Waals surface area contributed by atoms with E-state index < -0.39 is 17.7 Å². The van der Waals surface area contributed by atoms with Crippen molar-refractivity contribution in [3.05, 3.63) is 24.3 Å². The average molecular weight is 332 g/mol. The van der Waals surface area contributed by atoms with Gasteiger partial charge in [0.05, 0.1) is 7.11 Å². The monoisotopic (exact) mass is 332 g/mol. The fraction of sp³-hybridized carbons (Fsp3) is 0.438. The minimum absolute atomic E-state index is 0.0831. The van der Waals surface area contributed by atoms with Crippen LogP contribution in [0.15, 0.2) is 24.3 Å². The number of hydrogen-bond donors (Lipinski definition) is 2. The van der Waals surface area contributed by atoms with Crippen molar-refractivity contribution in [3.63, 3.8) is 0 Å². The molecular formula is C16H20N4O4. The highest BCUT2D eigenvalue weighted by Crippen LogP contribution is 2.21. The zero-order valence-corrected chi connectivity index (χ0v) is 13.4. The molecule has 0 bridgehead atoms. The molecular weight excluding hydrogens is 312 g/mol. The Morgan fingerprint density at radius 1 is 1.08 bits per heavy atom. The first-order chi connectivity index (χ1) is 11.6. The lowest BCUT2D eigenvalue weighted by atomic mass is 10.0. The van der Waals surface area contributed by atoms with Crippen LogP contribution in [0.5, 0.6) is 5.75 Å². The first-order valence-electron chi connectivity index (χ1n) is 7.85. The molecule has 3 amide bonds. The molecule has 0 radical (unpaired) electrons. The summed E-state index contributed by atoms with van der Waals surface area (Å²) in [7, 11) is 1.63. The zero-order valence-electron chi connectivity index (χ0n) is 13.4. The van der Waals surface area contributed by atoms with E-state index in [4.69, 9.17) is 4.74 Å². The van der Waals surface area contributed by atoms with Gasteiger partial charge in [0, 0.05) is 38.3 Å². The van der Waals surface area contributed by atoms with E-state index in [2.05, 4.69) is 15.8 Å². The number of anilines is 1. The Kier molecular flexibility index (Phi) is 4.54. The van der Waals surface area contributed by atoms with Gasteiger partial charge in [0.25, 0.3) is 11.8 Å². The van der Waals surface area contributed by atoms with Crippen molar-refractivity contribution in [1.82, 2.24) is 15.8 Å². The normalized spacial score (nSPS) is 18.4. The summed E-state index contributed by atoms with van der Waals surface area (Å²) in [5, 5.41) is 0. The predicted molar refractivity (Wildman–Crippen MR) is 86.2 cm³/mol. The highest BCUT2D eigenvalue weighted by Gasteiger charge is 2.36. The van der Waals surface area contributed by atoms with Crippen LogP contribution in [0.3, 0.4) is 0 Å². The predicted octanol–water partition coefficient (Wildman–Crippen LogP) is -0.489. The van der Waals surface area contributed by atoms with Gasteiger partial charge in [-0.1, -0.05) is 0 Å². The van der Waals surface area contributed by atoms with E-state index in [1.54, 1.807) is 12.0 Å². The molecule has 2 fully saturated rings. The van der Waals surface area contributed by atoms with Gasteiger partial charge in [-0.05, 0) is 24.3 Å². The number of ether oxygens (including phenoxy) is 1. The molecule has 0 aromatic heterocycles. The Balaban J connectivity index is 1.53. The molecule has 1 aromatic carbocycles. The van der Waals surface area contributed by atoms with Gasteiger partial charge in [-0.25, -0.2) is 0 Å². The lowest BCUT2D eigenvalue weighted by Gasteiger charge is -2.36. The molecule has 0 spiro atoms. The molecule has 1 aromatic rings. The minimum Gasteiger partial charge on any atom is -0.497 e. The van der Waals surface area contributed by atoms with Crippen molar-refractivity contribution in [1.29, 1.82) is 0 Å². The van der Waals surface area contributed by atoms with Crippen LogP contribution >= 0.6 is 0 Å². The standard InChI is InChI=1S/C16H20N4O4/c1-24-12-4-2-11(3-5-12)19-6-8-20(9-7-19)14(21)10-13-15(22)17-18-16(13)23/h2-5,13H,6-10H2,1H3,(H,17,22)(H,18,23). The van der Waals surface area contributed by atoms with Crippen molar-refractivity contribution in [2.24, 2.45) is 5.92 Å². The number of rotatable bonds is 4. The maximum Gasteiger partial charge on any atom is 0.251 e. The average Bonchev–Trinajstić information content (AvgIpc) is 2.94. The summed E-state index contributed by atoms with van der Waals surface area (Å²) in [5.41, 5.74) is 5.56. The number of hydrazine groups is 1. The smallest absolute Gasteiger partial charge is 0.251 e. The summed E-state index contributed by atoms with van der Waals surface area (Å²) in [6.07, 6.45) is -0.0831. The van der Waals surface area contributed by atoms with Crippen molar-refractivity contribution in [2.45, 2.75) is 6.42 Å². The molecule has 0 saturated carbocycles. The number of carbonyl (C=O) groups excluding carboxylic acids is 3. The molecule has 0 unspecified atom stereocenters. The Hall–Kier alpha value is -2.77. The van der Waals surface area contributed by atoms with Gasteiger partial charge in [-0.2, -0.15) is 0 Å². The second kappa shape index (κ2) is 6.77. The second-order valence-corrected chi connectivity index (χ2v) is 5.80. The molecule has 3 rings (SSSR count). The van der Waals surface area contributed by atoms with Gasteiger partial charge in [0.2, 0.25) is 5.91 Å². The van der Waals surface area contributed by atoms with Crippen molar-refractivity contribution in [3.8, 4) is 5.75 Å². The number of hydrogen-bond acceptors (Lipinski definition) is 5. The highest BCUT2D eigenvalue weighted by atomic mass is 16.5. The van der Waals surface area contributed by atoms with Crippen molar-refractivity contribution >= 4 is 23.4 Å². The number of carbonyl (C=O) groups is 3. The number of nitrogens with one attached hydrogen (secondary N) is 2. The molecule has 8 heteroatoms. The summed E-state index contributed by atoms with van der Waals surface area (Å²) in [5.74, 6) is -1.16. The molecule has 2 heterocycles. The summed E-state index contributed by atoms with van der Waals surface area (Å²) in [6.45, 7) is 2.56. The fourth-order valence-corrected chi connectivity index (χ4v) is 2.91. The molecule has 8 nitrogen and oxygen atoms in total. The van der Waals surface area contributed by atoms with Crippen molar-refractivity contribution < 1.29 is 19.1 Å². The van der Waals surface area contributed by atoms with Gasteiger partial charge in [0.15, 0.2) is 0 Å². The number of piperazine rings is 1. The summed E-state index contributed by atoms with van der Waals surface area (Å²) >= 11 is 0.